The molecule has 4 rings (SSSR count). The molecular formula is C24H20N4O3S. The maximum atomic E-state index is 13.0. The summed E-state index contributed by atoms with van der Waals surface area (Å²) in [5, 5.41) is 13.0. The Labute approximate surface area is 190 Å². The van der Waals surface area contributed by atoms with Crippen molar-refractivity contribution in [2.45, 2.75) is 6.54 Å². The predicted molar refractivity (Wildman–Crippen MR) is 125 cm³/mol. The van der Waals surface area contributed by atoms with E-state index in [4.69, 9.17) is 17.0 Å². The van der Waals surface area contributed by atoms with Gasteiger partial charge in [0.15, 0.2) is 5.11 Å². The number of carbonyl (C=O) groups excluding carboxylic acids is 2. The first-order valence-corrected chi connectivity index (χ1v) is 10.4. The third-order valence-electron chi connectivity index (χ3n) is 5.30. The van der Waals surface area contributed by atoms with Crippen LogP contribution in [0.5, 0.6) is 0 Å². The smallest absolute Gasteiger partial charge is 0.265 e. The van der Waals surface area contributed by atoms with Gasteiger partial charge in [-0.15, -0.1) is 0 Å². The molecular weight excluding hydrogens is 424 g/mol. The van der Waals surface area contributed by atoms with Crippen LogP contribution in [0.1, 0.15) is 16.7 Å². The number of methoxy groups -OCH3 is 1. The van der Waals surface area contributed by atoms with Crippen molar-refractivity contribution in [2.24, 2.45) is 0 Å². The molecule has 1 aromatic heterocycles. The summed E-state index contributed by atoms with van der Waals surface area (Å²) in [6.07, 6.45) is 3.48. The molecule has 0 unspecified atom stereocenters. The number of para-hydroxylation sites is 1. The predicted octanol–water partition coefficient (Wildman–Crippen LogP) is 2.83. The van der Waals surface area contributed by atoms with E-state index in [-0.39, 0.29) is 17.2 Å². The van der Waals surface area contributed by atoms with Crippen molar-refractivity contribution in [2.75, 3.05) is 20.3 Å². The second-order valence-electron chi connectivity index (χ2n) is 7.27. The van der Waals surface area contributed by atoms with Gasteiger partial charge in [0.2, 0.25) is 0 Å². The second kappa shape index (κ2) is 9.14. The summed E-state index contributed by atoms with van der Waals surface area (Å²) in [6, 6.07) is 17.4. The number of ether oxygens (including phenoxy) is 1. The Morgan fingerprint density at radius 2 is 1.91 bits per heavy atom. The van der Waals surface area contributed by atoms with Crippen LogP contribution in [0.3, 0.4) is 0 Å². The molecule has 0 radical (unpaired) electrons. The number of carbonyl (C=O) groups is 2. The first-order chi connectivity index (χ1) is 15.5. The van der Waals surface area contributed by atoms with E-state index in [1.807, 2.05) is 53.2 Å². The van der Waals surface area contributed by atoms with Crippen molar-refractivity contribution in [3.05, 3.63) is 77.0 Å². The Balaban J connectivity index is 1.76. The van der Waals surface area contributed by atoms with Crippen LogP contribution >= 0.6 is 12.2 Å². The molecule has 0 spiro atoms. The molecule has 160 valence electrons. The average molecular weight is 445 g/mol. The highest BCUT2D eigenvalue weighted by molar-refractivity contribution is 7.80. The summed E-state index contributed by atoms with van der Waals surface area (Å²) in [7, 11) is 1.53. The van der Waals surface area contributed by atoms with E-state index in [0.29, 0.717) is 18.7 Å². The van der Waals surface area contributed by atoms with Crippen molar-refractivity contribution < 1.29 is 14.3 Å². The summed E-state index contributed by atoms with van der Waals surface area (Å²) in [6.45, 7) is 1.03. The number of thiocarbonyl (C=S) groups is 1. The van der Waals surface area contributed by atoms with E-state index >= 15 is 0 Å². The monoisotopic (exact) mass is 444 g/mol. The molecule has 1 saturated heterocycles. The Bertz CT molecular complexity index is 1300. The van der Waals surface area contributed by atoms with Gasteiger partial charge in [-0.2, -0.15) is 5.26 Å². The summed E-state index contributed by atoms with van der Waals surface area (Å²) < 4.78 is 7.06. The van der Waals surface area contributed by atoms with Crippen molar-refractivity contribution >= 4 is 46.1 Å². The van der Waals surface area contributed by atoms with Crippen molar-refractivity contribution in [3.8, 4) is 6.07 Å². The number of nitriles is 1. The standard InChI is InChI=1S/C24H20N4O3S/c1-31-11-10-28-23(30)20(22(29)26-24(28)32)12-18-15-27(21-9-5-4-8-19(18)21)14-17-7-3-2-6-16(17)13-25/h2-9,12,15H,10-11,14H2,1H3,(H,26,29,32). The van der Waals surface area contributed by atoms with Crippen LogP contribution in [-0.2, 0) is 20.9 Å². The van der Waals surface area contributed by atoms with E-state index in [9.17, 15) is 14.9 Å². The molecule has 1 N–H and O–H groups in total. The minimum absolute atomic E-state index is 0.00929. The fourth-order valence-corrected chi connectivity index (χ4v) is 3.97. The van der Waals surface area contributed by atoms with Crippen LogP contribution in [0.2, 0.25) is 0 Å². The fraction of sp³-hybridized carbons (Fsp3) is 0.167. The van der Waals surface area contributed by atoms with E-state index in [1.165, 1.54) is 12.0 Å². The number of benzene rings is 2. The molecule has 32 heavy (non-hydrogen) atoms. The molecule has 0 bridgehead atoms. The van der Waals surface area contributed by atoms with Crippen LogP contribution in [0.15, 0.2) is 60.3 Å². The second-order valence-corrected chi connectivity index (χ2v) is 7.65. The number of fused-ring (bicyclic) bond motifs is 1. The number of rotatable bonds is 6. The summed E-state index contributed by atoms with van der Waals surface area (Å²) >= 11 is 5.15. The first-order valence-electron chi connectivity index (χ1n) is 9.97. The third kappa shape index (κ3) is 4.04. The number of nitrogens with one attached hydrogen (secondary N) is 1. The van der Waals surface area contributed by atoms with Gasteiger partial charge in [-0.1, -0.05) is 36.4 Å². The molecule has 3 aromatic rings. The lowest BCUT2D eigenvalue weighted by molar-refractivity contribution is -0.129. The summed E-state index contributed by atoms with van der Waals surface area (Å²) in [4.78, 5) is 26.9. The van der Waals surface area contributed by atoms with E-state index < -0.39 is 11.8 Å². The van der Waals surface area contributed by atoms with E-state index in [2.05, 4.69) is 11.4 Å². The molecule has 7 nitrogen and oxygen atoms in total. The molecule has 0 atom stereocenters. The lowest BCUT2D eigenvalue weighted by atomic mass is 10.1. The molecule has 2 heterocycles. The number of hydrogen-bond donors (Lipinski definition) is 1. The van der Waals surface area contributed by atoms with Crippen LogP contribution in [0.25, 0.3) is 17.0 Å². The van der Waals surface area contributed by atoms with Crippen molar-refractivity contribution in [1.29, 1.82) is 5.26 Å². The van der Waals surface area contributed by atoms with Crippen LogP contribution in [0, 0.1) is 11.3 Å². The van der Waals surface area contributed by atoms with Crippen molar-refractivity contribution in [1.82, 2.24) is 14.8 Å². The minimum Gasteiger partial charge on any atom is -0.383 e. The molecule has 1 fully saturated rings. The fourth-order valence-electron chi connectivity index (χ4n) is 3.71. The molecule has 0 aliphatic carbocycles. The first kappa shape index (κ1) is 21.4. The number of hydrogen-bond acceptors (Lipinski definition) is 5. The number of aromatic nitrogens is 1. The van der Waals surface area contributed by atoms with Crippen LogP contribution < -0.4 is 5.32 Å². The zero-order valence-electron chi connectivity index (χ0n) is 17.4. The van der Waals surface area contributed by atoms with Gasteiger partial charge in [0.05, 0.1) is 24.8 Å². The van der Waals surface area contributed by atoms with Gasteiger partial charge in [-0.25, -0.2) is 0 Å². The van der Waals surface area contributed by atoms with Gasteiger partial charge in [-0.3, -0.25) is 19.8 Å². The highest BCUT2D eigenvalue weighted by Crippen LogP contribution is 2.26. The van der Waals surface area contributed by atoms with E-state index in [0.717, 1.165) is 22.0 Å². The Kier molecular flexibility index (Phi) is 6.12. The molecule has 8 heteroatoms. The third-order valence-corrected chi connectivity index (χ3v) is 5.63. The molecule has 1 aliphatic rings. The van der Waals surface area contributed by atoms with Gasteiger partial charge in [-0.05, 0) is 36.0 Å². The zero-order valence-corrected chi connectivity index (χ0v) is 18.2. The maximum Gasteiger partial charge on any atom is 0.265 e. The SMILES string of the molecule is COCCN1C(=O)C(=Cc2cn(Cc3ccccc3C#N)c3ccccc23)C(=O)NC1=S. The zero-order chi connectivity index (χ0) is 22.7. The molecule has 0 saturated carbocycles. The van der Waals surface area contributed by atoms with Gasteiger partial charge >= 0.3 is 0 Å². The highest BCUT2D eigenvalue weighted by atomic mass is 32.1. The molecule has 1 aliphatic heterocycles. The van der Waals surface area contributed by atoms with Crippen molar-refractivity contribution in [3.63, 3.8) is 0 Å². The summed E-state index contributed by atoms with van der Waals surface area (Å²) in [5.74, 6) is -0.984. The van der Waals surface area contributed by atoms with Gasteiger partial charge in [0.25, 0.3) is 11.8 Å². The average Bonchev–Trinajstić information content (AvgIpc) is 3.14. The highest BCUT2D eigenvalue weighted by Gasteiger charge is 2.33. The van der Waals surface area contributed by atoms with Gasteiger partial charge in [0.1, 0.15) is 5.57 Å². The lowest BCUT2D eigenvalue weighted by Gasteiger charge is -2.28. The quantitative estimate of drug-likeness (QED) is 0.359. The normalized spacial score (nSPS) is 15.3. The van der Waals surface area contributed by atoms with E-state index in [1.54, 1.807) is 12.1 Å². The number of nitrogens with zero attached hydrogens (tertiary/aromatic N) is 3. The van der Waals surface area contributed by atoms with Gasteiger partial charge < -0.3 is 9.30 Å². The molecule has 2 amide bonds. The largest absolute Gasteiger partial charge is 0.383 e. The Hall–Kier alpha value is -3.80. The van der Waals surface area contributed by atoms with Gasteiger partial charge in [0, 0.05) is 36.3 Å². The lowest BCUT2D eigenvalue weighted by Crippen LogP contribution is -2.54. The maximum absolute atomic E-state index is 13.0. The summed E-state index contributed by atoms with van der Waals surface area (Å²) in [5.41, 5.74) is 3.16. The Morgan fingerprint density at radius 1 is 1.16 bits per heavy atom. The number of amides is 2. The minimum atomic E-state index is -0.527. The topological polar surface area (TPSA) is 87.4 Å². The van der Waals surface area contributed by atoms with Crippen LogP contribution in [-0.4, -0.2) is 46.7 Å². The Morgan fingerprint density at radius 3 is 2.69 bits per heavy atom. The molecule has 2 aromatic carbocycles. The van der Waals surface area contributed by atoms with Crippen LogP contribution in [0.4, 0.5) is 0 Å².